The lowest BCUT2D eigenvalue weighted by Gasteiger charge is -2.26. The molecule has 42 heavy (non-hydrogen) atoms. The van der Waals surface area contributed by atoms with Crippen molar-refractivity contribution in [3.63, 3.8) is 0 Å². The number of allylic oxidation sites excluding steroid dienone is 2. The van der Waals surface area contributed by atoms with Gasteiger partial charge in [-0.05, 0) is 74.7 Å². The number of hydrogen-bond acceptors (Lipinski definition) is 2. The lowest BCUT2D eigenvalue weighted by Crippen LogP contribution is -2.10. The lowest BCUT2D eigenvalue weighted by molar-refractivity contribution is 1.43. The molecule has 0 saturated carbocycles. The van der Waals surface area contributed by atoms with E-state index in [9.17, 15) is 0 Å². The Morgan fingerprint density at radius 1 is 0.333 bits per heavy atom. The molecule has 1 aliphatic heterocycles. The fraction of sp³-hybridized carbons (Fsp3) is 0. The Bertz CT molecular complexity index is 1840. The zero-order valence-corrected chi connectivity index (χ0v) is 23.9. The first-order chi connectivity index (χ1) is 20.8. The van der Waals surface area contributed by atoms with E-state index < -0.39 is 0 Å². The minimum Gasteiger partial charge on any atom is -0.287 e. The monoisotopic (exact) mass is 555 g/mol. The highest BCUT2D eigenvalue weighted by atomic mass is 32.2. The van der Waals surface area contributed by atoms with Gasteiger partial charge < -0.3 is 0 Å². The fourth-order valence-electron chi connectivity index (χ4n) is 5.26. The summed E-state index contributed by atoms with van der Waals surface area (Å²) in [7, 11) is 0. The van der Waals surface area contributed by atoms with Gasteiger partial charge in [-0.15, -0.1) is 0 Å². The van der Waals surface area contributed by atoms with Crippen LogP contribution in [0.15, 0.2) is 176 Å². The number of hydrogen-bond donors (Lipinski definition) is 0. The van der Waals surface area contributed by atoms with Gasteiger partial charge in [0.1, 0.15) is 0 Å². The van der Waals surface area contributed by atoms with Crippen molar-refractivity contribution in [1.29, 1.82) is 0 Å². The summed E-state index contributed by atoms with van der Waals surface area (Å²) in [5, 5.41) is 0. The molecule has 0 radical (unpaired) electrons. The Kier molecular flexibility index (Phi) is 7.29. The molecule has 0 aliphatic carbocycles. The van der Waals surface area contributed by atoms with Gasteiger partial charge in [0.2, 0.25) is 0 Å². The third-order valence-corrected chi connectivity index (χ3v) is 8.63. The zero-order chi connectivity index (χ0) is 28.1. The third kappa shape index (κ3) is 5.58. The summed E-state index contributed by atoms with van der Waals surface area (Å²) < 4.78 is 2.29. The number of anilines is 1. The molecule has 0 fully saturated rings. The molecule has 1 nitrogen and oxygen atoms in total. The highest BCUT2D eigenvalue weighted by Gasteiger charge is 2.18. The molecule has 1 heterocycles. The van der Waals surface area contributed by atoms with E-state index in [0.717, 1.165) is 5.69 Å². The average Bonchev–Trinajstić information content (AvgIpc) is 3.09. The Balaban J connectivity index is 1.23. The Hall–Kier alpha value is -5.05. The van der Waals surface area contributed by atoms with Crippen LogP contribution in [0.2, 0.25) is 0 Å². The van der Waals surface area contributed by atoms with Crippen LogP contribution in [0.4, 0.5) is 5.69 Å². The molecular formula is C40H29NS. The van der Waals surface area contributed by atoms with Crippen molar-refractivity contribution in [1.82, 2.24) is 0 Å². The van der Waals surface area contributed by atoms with Crippen LogP contribution in [-0.4, -0.2) is 0 Å². The molecule has 7 rings (SSSR count). The van der Waals surface area contributed by atoms with Crippen LogP contribution in [-0.2, 0) is 0 Å². The summed E-state index contributed by atoms with van der Waals surface area (Å²) in [5.41, 5.74) is 12.1. The summed E-state index contributed by atoms with van der Waals surface area (Å²) in [6.07, 6.45) is 4.57. The Labute approximate surface area is 252 Å². The van der Waals surface area contributed by atoms with E-state index >= 15 is 0 Å². The van der Waals surface area contributed by atoms with Crippen molar-refractivity contribution in [3.05, 3.63) is 187 Å². The molecule has 0 spiro atoms. The van der Waals surface area contributed by atoms with Crippen LogP contribution in [0.1, 0.15) is 11.1 Å². The van der Waals surface area contributed by atoms with Crippen molar-refractivity contribution < 1.29 is 0 Å². The van der Waals surface area contributed by atoms with E-state index in [-0.39, 0.29) is 0 Å². The molecule has 0 bridgehead atoms. The molecule has 2 heteroatoms. The van der Waals surface area contributed by atoms with E-state index in [1.807, 2.05) is 0 Å². The van der Waals surface area contributed by atoms with Crippen LogP contribution in [0.5, 0.6) is 0 Å². The predicted molar refractivity (Wildman–Crippen MR) is 182 cm³/mol. The van der Waals surface area contributed by atoms with Crippen molar-refractivity contribution in [3.8, 4) is 33.4 Å². The Morgan fingerprint density at radius 3 is 1.14 bits per heavy atom. The summed E-state index contributed by atoms with van der Waals surface area (Å²) in [4.78, 5) is 1.21. The van der Waals surface area contributed by atoms with Gasteiger partial charge in [0, 0.05) is 16.7 Å². The number of rotatable bonds is 6. The maximum absolute atomic E-state index is 2.31. The number of nitrogens with zero attached hydrogens (tertiary/aromatic N) is 1. The maximum Gasteiger partial charge on any atom is 0.0522 e. The smallest absolute Gasteiger partial charge is 0.0522 e. The fourth-order valence-corrected chi connectivity index (χ4v) is 6.29. The predicted octanol–water partition coefficient (Wildman–Crippen LogP) is 11.2. The zero-order valence-electron chi connectivity index (χ0n) is 23.1. The van der Waals surface area contributed by atoms with Crippen molar-refractivity contribution in [2.75, 3.05) is 4.31 Å². The quantitative estimate of drug-likeness (QED) is 0.188. The normalized spacial score (nSPS) is 12.9. The van der Waals surface area contributed by atoms with E-state index in [1.165, 1.54) is 55.0 Å². The molecule has 1 aliphatic rings. The number of benzene rings is 6. The second-order valence-corrected chi connectivity index (χ2v) is 11.3. The summed E-state index contributed by atoms with van der Waals surface area (Å²) in [6, 6.07) is 58.3. The van der Waals surface area contributed by atoms with E-state index in [4.69, 9.17) is 0 Å². The van der Waals surface area contributed by atoms with Crippen LogP contribution >= 0.6 is 11.9 Å². The van der Waals surface area contributed by atoms with Gasteiger partial charge in [-0.2, -0.15) is 0 Å². The third-order valence-electron chi connectivity index (χ3n) is 7.57. The van der Waals surface area contributed by atoms with E-state index in [2.05, 4.69) is 180 Å². The van der Waals surface area contributed by atoms with Gasteiger partial charge >= 0.3 is 0 Å². The first-order valence-corrected chi connectivity index (χ1v) is 15.0. The van der Waals surface area contributed by atoms with Crippen molar-refractivity contribution >= 4 is 28.1 Å². The molecule has 6 aromatic rings. The minimum absolute atomic E-state index is 1.14. The standard InChI is InChI=1S/C40H29NS/c1-4-10-30(11-5-1)33-16-18-36(19-17-33)38-28-40(37-22-20-34(21-23-37)31-12-6-2-7-13-31)42-41(29-38)39-26-24-35(25-27-39)32-14-8-3-9-15-32/h1-29H. The second-order valence-electron chi connectivity index (χ2n) is 10.3. The largest absolute Gasteiger partial charge is 0.287 e. The van der Waals surface area contributed by atoms with Crippen LogP contribution in [0.3, 0.4) is 0 Å². The summed E-state index contributed by atoms with van der Waals surface area (Å²) in [6.45, 7) is 0. The van der Waals surface area contributed by atoms with Crippen LogP contribution in [0.25, 0.3) is 43.9 Å². The highest BCUT2D eigenvalue weighted by molar-refractivity contribution is 8.09. The van der Waals surface area contributed by atoms with Gasteiger partial charge in [-0.25, -0.2) is 0 Å². The van der Waals surface area contributed by atoms with Gasteiger partial charge in [0.25, 0.3) is 0 Å². The summed E-state index contributed by atoms with van der Waals surface area (Å²) >= 11 is 1.76. The van der Waals surface area contributed by atoms with Crippen molar-refractivity contribution in [2.45, 2.75) is 0 Å². The molecule has 0 N–H and O–H groups in total. The first-order valence-electron chi connectivity index (χ1n) is 14.2. The van der Waals surface area contributed by atoms with E-state index in [1.54, 1.807) is 11.9 Å². The molecule has 0 amide bonds. The minimum atomic E-state index is 1.14. The molecule has 0 unspecified atom stereocenters. The lowest BCUT2D eigenvalue weighted by atomic mass is 9.99. The van der Waals surface area contributed by atoms with Crippen LogP contribution < -0.4 is 4.31 Å². The first kappa shape index (κ1) is 25.9. The van der Waals surface area contributed by atoms with Crippen molar-refractivity contribution in [2.24, 2.45) is 0 Å². The Morgan fingerprint density at radius 2 is 0.690 bits per heavy atom. The van der Waals surface area contributed by atoms with Gasteiger partial charge in [0.15, 0.2) is 0 Å². The summed E-state index contributed by atoms with van der Waals surface area (Å²) in [5.74, 6) is 0. The van der Waals surface area contributed by atoms with Gasteiger partial charge in [-0.3, -0.25) is 4.31 Å². The SMILES string of the molecule is C1=C(c2ccc(-c3ccccc3)cc2)C=C(c2ccc(-c3ccccc3)cc2)SN1c1ccc(-c2ccccc2)cc1. The molecule has 200 valence electrons. The van der Waals surface area contributed by atoms with Crippen LogP contribution in [0, 0.1) is 0 Å². The average molecular weight is 556 g/mol. The maximum atomic E-state index is 2.31. The topological polar surface area (TPSA) is 3.24 Å². The second kappa shape index (κ2) is 11.8. The van der Waals surface area contributed by atoms with E-state index in [0.29, 0.717) is 0 Å². The molecule has 0 atom stereocenters. The molecule has 6 aromatic carbocycles. The molecule has 0 aromatic heterocycles. The molecular weight excluding hydrogens is 527 g/mol. The highest BCUT2D eigenvalue weighted by Crippen LogP contribution is 2.42. The van der Waals surface area contributed by atoms with Gasteiger partial charge in [-0.1, -0.05) is 152 Å². The van der Waals surface area contributed by atoms with Gasteiger partial charge in [0.05, 0.1) is 5.69 Å². The molecule has 0 saturated heterocycles.